The van der Waals surface area contributed by atoms with Gasteiger partial charge in [-0.05, 0) is 25.1 Å². The highest BCUT2D eigenvalue weighted by Gasteiger charge is 2.49. The fraction of sp³-hybridized carbons (Fsp3) is 0.167. The number of nitrogens with zero attached hydrogens (tertiary/aromatic N) is 1. The first-order valence-electron chi connectivity index (χ1n) is 9.39. The van der Waals surface area contributed by atoms with Crippen LogP contribution in [-0.2, 0) is 10.5 Å². The van der Waals surface area contributed by atoms with Crippen LogP contribution in [0.2, 0.25) is 5.02 Å². The summed E-state index contributed by atoms with van der Waals surface area (Å²) in [5.41, 5.74) is 0.617. The minimum Gasteiger partial charge on any atom is -0.363 e. The number of Topliss-reactive ketones (excluding diaryl/α,β-unsaturated/α-hetero) is 1. The number of hydrogen-bond donors (Lipinski definition) is 1. The predicted molar refractivity (Wildman–Crippen MR) is 112 cm³/mol. The Hall–Kier alpha value is -2.95. The molecule has 4 nitrogen and oxygen atoms in total. The van der Waals surface area contributed by atoms with E-state index in [1.807, 2.05) is 24.3 Å². The topological polar surface area (TPSA) is 57.6 Å². The number of benzene rings is 2. The van der Waals surface area contributed by atoms with Crippen molar-refractivity contribution >= 4 is 23.3 Å². The van der Waals surface area contributed by atoms with Crippen LogP contribution < -0.4 is 0 Å². The van der Waals surface area contributed by atoms with Crippen molar-refractivity contribution in [2.45, 2.75) is 12.6 Å². The van der Waals surface area contributed by atoms with Gasteiger partial charge in [-0.2, -0.15) is 0 Å². The third kappa shape index (κ3) is 3.35. The summed E-state index contributed by atoms with van der Waals surface area (Å²) >= 11 is 6.03. The number of carbonyl (C=O) groups excluding carboxylic acids is 2. The Kier molecular flexibility index (Phi) is 4.99. The number of halogens is 1. The van der Waals surface area contributed by atoms with E-state index in [9.17, 15) is 14.7 Å². The van der Waals surface area contributed by atoms with E-state index in [4.69, 9.17) is 11.6 Å². The number of carbonyl (C=O) groups is 2. The molecule has 1 amide bonds. The van der Waals surface area contributed by atoms with E-state index in [2.05, 4.69) is 0 Å². The first kappa shape index (κ1) is 19.4. The molecule has 0 fully saturated rings. The highest BCUT2D eigenvalue weighted by molar-refractivity contribution is 6.30. The molecule has 0 saturated heterocycles. The normalized spacial score (nSPS) is 23.0. The summed E-state index contributed by atoms with van der Waals surface area (Å²) in [5.74, 6) is -0.405. The van der Waals surface area contributed by atoms with Crippen LogP contribution in [0.15, 0.2) is 84.5 Å². The van der Waals surface area contributed by atoms with Gasteiger partial charge in [0.1, 0.15) is 0 Å². The first-order chi connectivity index (χ1) is 13.9. The molecule has 5 heteroatoms. The van der Waals surface area contributed by atoms with E-state index >= 15 is 0 Å². The Balaban J connectivity index is 1.74. The van der Waals surface area contributed by atoms with Crippen molar-refractivity contribution in [2.24, 2.45) is 5.92 Å². The third-order valence-electron chi connectivity index (χ3n) is 5.37. The van der Waals surface area contributed by atoms with Gasteiger partial charge in [-0.3, -0.25) is 9.59 Å². The van der Waals surface area contributed by atoms with E-state index in [1.54, 1.807) is 54.6 Å². The molecular weight excluding hydrogens is 386 g/mol. The minimum atomic E-state index is -1.59. The molecule has 2 aromatic carbocycles. The summed E-state index contributed by atoms with van der Waals surface area (Å²) in [7, 11) is 0. The molecule has 1 N–H and O–H groups in total. The quantitative estimate of drug-likeness (QED) is 0.827. The van der Waals surface area contributed by atoms with Gasteiger partial charge in [-0.15, -0.1) is 0 Å². The van der Waals surface area contributed by atoms with Crippen LogP contribution >= 0.6 is 11.6 Å². The van der Waals surface area contributed by atoms with Crippen LogP contribution in [0.25, 0.3) is 0 Å². The lowest BCUT2D eigenvalue weighted by atomic mass is 9.93. The lowest BCUT2D eigenvalue weighted by Crippen LogP contribution is -2.46. The molecule has 29 heavy (non-hydrogen) atoms. The summed E-state index contributed by atoms with van der Waals surface area (Å²) < 4.78 is 0. The lowest BCUT2D eigenvalue weighted by molar-refractivity contribution is -0.113. The Morgan fingerprint density at radius 3 is 2.59 bits per heavy atom. The van der Waals surface area contributed by atoms with Crippen molar-refractivity contribution < 1.29 is 14.7 Å². The second-order valence-electron chi connectivity index (χ2n) is 7.23. The smallest absolute Gasteiger partial charge is 0.257 e. The number of allylic oxidation sites excluding steroid dienone is 4. The zero-order valence-corrected chi connectivity index (χ0v) is 16.6. The Labute approximate surface area is 174 Å². The summed E-state index contributed by atoms with van der Waals surface area (Å²) in [6.45, 7) is 1.78. The van der Waals surface area contributed by atoms with Crippen LogP contribution in [0.1, 0.15) is 28.4 Å². The van der Waals surface area contributed by atoms with Gasteiger partial charge in [0.25, 0.3) is 5.91 Å². The monoisotopic (exact) mass is 405 g/mol. The van der Waals surface area contributed by atoms with Crippen molar-refractivity contribution in [2.75, 3.05) is 6.54 Å². The standard InChI is InChI=1S/C24H20ClNO3/c1-16(27)18-6-4-5-17(9-10-18)15-26-23(28)21-7-2-3-8-22(21)24(26,29)19-11-13-20(25)14-12-19/h2-14,17,29H,15H2,1H3. The van der Waals surface area contributed by atoms with Crippen LogP contribution in [0.4, 0.5) is 0 Å². The molecule has 4 rings (SSSR count). The van der Waals surface area contributed by atoms with E-state index in [0.29, 0.717) is 27.3 Å². The molecule has 146 valence electrons. The molecule has 0 aromatic heterocycles. The second-order valence-corrected chi connectivity index (χ2v) is 7.66. The fourth-order valence-electron chi connectivity index (χ4n) is 3.84. The van der Waals surface area contributed by atoms with Crippen LogP contribution in [-0.4, -0.2) is 28.2 Å². The average Bonchev–Trinajstić information content (AvgIpc) is 2.87. The molecule has 2 aromatic rings. The van der Waals surface area contributed by atoms with Gasteiger partial charge in [-0.25, -0.2) is 0 Å². The van der Waals surface area contributed by atoms with Crippen LogP contribution in [0, 0.1) is 5.92 Å². The van der Waals surface area contributed by atoms with E-state index < -0.39 is 5.72 Å². The molecule has 1 aliphatic heterocycles. The molecule has 0 spiro atoms. The predicted octanol–water partition coefficient (Wildman–Crippen LogP) is 4.25. The van der Waals surface area contributed by atoms with Crippen molar-refractivity contribution in [3.63, 3.8) is 0 Å². The van der Waals surface area contributed by atoms with Crippen molar-refractivity contribution in [3.05, 3.63) is 106 Å². The number of amides is 1. The van der Waals surface area contributed by atoms with E-state index in [0.717, 1.165) is 0 Å². The van der Waals surface area contributed by atoms with E-state index in [1.165, 1.54) is 11.8 Å². The van der Waals surface area contributed by atoms with Crippen molar-refractivity contribution in [3.8, 4) is 0 Å². The van der Waals surface area contributed by atoms with Gasteiger partial charge in [0, 0.05) is 39.7 Å². The van der Waals surface area contributed by atoms with Crippen molar-refractivity contribution in [1.82, 2.24) is 4.90 Å². The summed E-state index contributed by atoms with van der Waals surface area (Å²) in [6, 6.07) is 14.0. The largest absolute Gasteiger partial charge is 0.363 e. The maximum atomic E-state index is 13.2. The van der Waals surface area contributed by atoms with Gasteiger partial charge < -0.3 is 10.0 Å². The second kappa shape index (κ2) is 7.47. The SMILES string of the molecule is CC(=O)C1=CC=CC(CN2C(=O)c3ccccc3C2(O)c2ccc(Cl)cc2)C=C1. The molecule has 2 aliphatic rings. The molecule has 1 heterocycles. The summed E-state index contributed by atoms with van der Waals surface area (Å²) in [6.07, 6.45) is 9.14. The molecule has 1 aliphatic carbocycles. The van der Waals surface area contributed by atoms with Crippen LogP contribution in [0.5, 0.6) is 0 Å². The summed E-state index contributed by atoms with van der Waals surface area (Å²) in [5, 5.41) is 12.4. The first-order valence-corrected chi connectivity index (χ1v) is 9.76. The highest BCUT2D eigenvalue weighted by Crippen LogP contribution is 2.43. The van der Waals surface area contributed by atoms with Gasteiger partial charge in [0.15, 0.2) is 11.5 Å². The van der Waals surface area contributed by atoms with Gasteiger partial charge in [-0.1, -0.05) is 72.3 Å². The zero-order valence-electron chi connectivity index (χ0n) is 15.9. The molecule has 0 bridgehead atoms. The Morgan fingerprint density at radius 2 is 1.86 bits per heavy atom. The number of aliphatic hydroxyl groups is 1. The zero-order chi connectivity index (χ0) is 20.6. The number of fused-ring (bicyclic) bond motifs is 1. The van der Waals surface area contributed by atoms with Crippen molar-refractivity contribution in [1.29, 1.82) is 0 Å². The Bertz CT molecular complexity index is 1070. The van der Waals surface area contributed by atoms with Gasteiger partial charge in [0.05, 0.1) is 0 Å². The van der Waals surface area contributed by atoms with E-state index in [-0.39, 0.29) is 24.2 Å². The molecule has 2 atom stereocenters. The lowest BCUT2D eigenvalue weighted by Gasteiger charge is -2.36. The molecular formula is C24H20ClNO3. The highest BCUT2D eigenvalue weighted by atomic mass is 35.5. The molecule has 2 unspecified atom stereocenters. The van der Waals surface area contributed by atoms with Crippen LogP contribution in [0.3, 0.4) is 0 Å². The number of rotatable bonds is 4. The average molecular weight is 406 g/mol. The number of hydrogen-bond acceptors (Lipinski definition) is 3. The fourth-order valence-corrected chi connectivity index (χ4v) is 3.96. The minimum absolute atomic E-state index is 0.0196. The number of ketones is 1. The maximum Gasteiger partial charge on any atom is 0.257 e. The Morgan fingerprint density at radius 1 is 1.14 bits per heavy atom. The maximum absolute atomic E-state index is 13.2. The van der Waals surface area contributed by atoms with Gasteiger partial charge in [0.2, 0.25) is 0 Å². The third-order valence-corrected chi connectivity index (χ3v) is 5.62. The summed E-state index contributed by atoms with van der Waals surface area (Å²) in [4.78, 5) is 26.3. The molecule has 0 saturated carbocycles. The van der Waals surface area contributed by atoms with Gasteiger partial charge >= 0.3 is 0 Å². The molecule has 0 radical (unpaired) electrons.